The van der Waals surface area contributed by atoms with Gasteiger partial charge in [0.05, 0.1) is 16.7 Å². The topological polar surface area (TPSA) is 97.4 Å². The summed E-state index contributed by atoms with van der Waals surface area (Å²) in [6, 6.07) is 2.02. The zero-order valence-electron chi connectivity index (χ0n) is 18.6. The Bertz CT molecular complexity index is 1110. The van der Waals surface area contributed by atoms with Crippen LogP contribution in [0.4, 0.5) is 27.5 Å². The molecule has 1 fully saturated rings. The molecule has 1 aliphatic carbocycles. The second-order valence-electron chi connectivity index (χ2n) is 8.99. The van der Waals surface area contributed by atoms with Gasteiger partial charge in [-0.15, -0.1) is 11.3 Å². The quantitative estimate of drug-likeness (QED) is 0.565. The first kappa shape index (κ1) is 25.6. The molecule has 1 atom stereocenters. The lowest BCUT2D eigenvalue weighted by Gasteiger charge is -2.25. The number of hydrogen-bond acceptors (Lipinski definition) is 6. The highest BCUT2D eigenvalue weighted by molar-refractivity contribution is 7.14. The predicted octanol–water partition coefficient (Wildman–Crippen LogP) is 4.96. The number of anilines is 1. The molecule has 34 heavy (non-hydrogen) atoms. The van der Waals surface area contributed by atoms with Crippen LogP contribution in [0.3, 0.4) is 0 Å². The van der Waals surface area contributed by atoms with Gasteiger partial charge in [0.15, 0.2) is 5.13 Å². The zero-order valence-corrected chi connectivity index (χ0v) is 19.5. The molecule has 1 saturated carbocycles. The lowest BCUT2D eigenvalue weighted by molar-refractivity contribution is -0.137. The Morgan fingerprint density at radius 3 is 2.50 bits per heavy atom. The van der Waals surface area contributed by atoms with Crippen LogP contribution < -0.4 is 10.6 Å². The average Bonchev–Trinajstić information content (AvgIpc) is 3.31. The number of ether oxygens (including phenoxy) is 1. The Morgan fingerprint density at radius 2 is 1.91 bits per heavy atom. The van der Waals surface area contributed by atoms with Crippen molar-refractivity contribution >= 4 is 34.3 Å². The molecule has 7 nitrogen and oxygen atoms in total. The highest BCUT2D eigenvalue weighted by atomic mass is 32.1. The Labute approximate surface area is 196 Å². The third kappa shape index (κ3) is 6.10. The number of nitrogens with zero attached hydrogens (tertiary/aromatic N) is 1. The Balaban J connectivity index is 1.78. The third-order valence-electron chi connectivity index (χ3n) is 5.10. The average molecular weight is 502 g/mol. The lowest BCUT2D eigenvalue weighted by atomic mass is 9.82. The molecule has 184 valence electrons. The van der Waals surface area contributed by atoms with Gasteiger partial charge in [0.2, 0.25) is 5.91 Å². The van der Waals surface area contributed by atoms with Crippen LogP contribution in [0.25, 0.3) is 0 Å². The Kier molecular flexibility index (Phi) is 7.02. The van der Waals surface area contributed by atoms with Crippen molar-refractivity contribution in [3.8, 4) is 0 Å². The lowest BCUT2D eigenvalue weighted by Crippen LogP contribution is -2.43. The highest BCUT2D eigenvalue weighted by Gasteiger charge is 2.48. The predicted molar refractivity (Wildman–Crippen MR) is 116 cm³/mol. The smallest absolute Gasteiger partial charge is 0.416 e. The number of benzene rings is 1. The van der Waals surface area contributed by atoms with Crippen LogP contribution in [0.2, 0.25) is 0 Å². The van der Waals surface area contributed by atoms with E-state index in [0.717, 1.165) is 23.5 Å². The molecular weight excluding hydrogens is 478 g/mol. The van der Waals surface area contributed by atoms with Gasteiger partial charge in [0.1, 0.15) is 17.2 Å². The molecular formula is C22H23F4N3O4S. The van der Waals surface area contributed by atoms with Gasteiger partial charge in [-0.3, -0.25) is 14.9 Å². The molecule has 1 aromatic heterocycles. The Hall–Kier alpha value is -3.02. The van der Waals surface area contributed by atoms with Gasteiger partial charge >= 0.3 is 12.3 Å². The molecule has 2 aromatic rings. The van der Waals surface area contributed by atoms with Crippen LogP contribution in [0.1, 0.15) is 56.9 Å². The molecule has 1 heterocycles. The van der Waals surface area contributed by atoms with Gasteiger partial charge in [0, 0.05) is 24.8 Å². The monoisotopic (exact) mass is 501 g/mol. The van der Waals surface area contributed by atoms with E-state index in [1.54, 1.807) is 20.8 Å². The first-order valence-corrected chi connectivity index (χ1v) is 11.2. The molecule has 0 bridgehead atoms. The molecule has 3 rings (SSSR count). The maximum atomic E-state index is 13.7. The number of hydrogen-bond donors (Lipinski definition) is 2. The van der Waals surface area contributed by atoms with Gasteiger partial charge in [-0.25, -0.2) is 14.2 Å². The van der Waals surface area contributed by atoms with Crippen molar-refractivity contribution in [2.45, 2.75) is 63.8 Å². The van der Waals surface area contributed by atoms with E-state index in [9.17, 15) is 31.9 Å². The van der Waals surface area contributed by atoms with E-state index in [2.05, 4.69) is 15.6 Å². The molecule has 2 amide bonds. The van der Waals surface area contributed by atoms with Crippen LogP contribution in [0.5, 0.6) is 0 Å². The van der Waals surface area contributed by atoms with Gasteiger partial charge in [-0.1, -0.05) is 0 Å². The van der Waals surface area contributed by atoms with E-state index in [1.165, 1.54) is 5.38 Å². The number of rotatable bonds is 5. The van der Waals surface area contributed by atoms with E-state index in [-0.39, 0.29) is 48.0 Å². The minimum absolute atomic E-state index is 0.0780. The zero-order chi connectivity index (χ0) is 25.3. The molecule has 12 heteroatoms. The molecule has 1 aromatic carbocycles. The summed E-state index contributed by atoms with van der Waals surface area (Å²) in [5, 5.41) is 6.69. The van der Waals surface area contributed by atoms with Crippen molar-refractivity contribution in [1.82, 2.24) is 10.3 Å². The van der Waals surface area contributed by atoms with Crippen LogP contribution in [-0.2, 0) is 32.5 Å². The number of amides is 2. The summed E-state index contributed by atoms with van der Waals surface area (Å²) in [6.45, 7) is 4.71. The van der Waals surface area contributed by atoms with Crippen molar-refractivity contribution in [3.63, 3.8) is 0 Å². The van der Waals surface area contributed by atoms with E-state index in [4.69, 9.17) is 4.74 Å². The van der Waals surface area contributed by atoms with Crippen molar-refractivity contribution < 1.29 is 36.7 Å². The van der Waals surface area contributed by atoms with Crippen LogP contribution >= 0.6 is 11.3 Å². The van der Waals surface area contributed by atoms with E-state index in [0.29, 0.717) is 6.07 Å². The number of halogens is 4. The highest BCUT2D eigenvalue weighted by Crippen LogP contribution is 2.41. The van der Waals surface area contributed by atoms with E-state index in [1.807, 2.05) is 0 Å². The fourth-order valence-electron chi connectivity index (χ4n) is 3.60. The van der Waals surface area contributed by atoms with Crippen LogP contribution in [-0.4, -0.2) is 28.4 Å². The summed E-state index contributed by atoms with van der Waals surface area (Å²) < 4.78 is 57.7. The summed E-state index contributed by atoms with van der Waals surface area (Å²) >= 11 is 1.04. The van der Waals surface area contributed by atoms with Crippen LogP contribution in [0, 0.1) is 5.82 Å². The molecule has 1 aliphatic rings. The van der Waals surface area contributed by atoms with Crippen molar-refractivity contribution in [2.75, 3.05) is 5.32 Å². The third-order valence-corrected chi connectivity index (χ3v) is 5.86. The maximum Gasteiger partial charge on any atom is 0.416 e. The number of Topliss-reactive ketones (excluding diaryl/α,β-unsaturated/α-hetero) is 1. The normalized spacial score (nSPS) is 18.6. The SMILES string of the molecule is CC(C)(C)OC(=O)Nc1nc(C2(C(=O)NCc3cc(F)cc(C(F)(F)F)c3)CCC(=O)C2)cs1. The maximum absolute atomic E-state index is 13.7. The molecule has 2 N–H and O–H groups in total. The number of nitrogens with one attached hydrogen (secondary N) is 2. The minimum atomic E-state index is -4.74. The molecule has 0 aliphatic heterocycles. The standard InChI is InChI=1S/C22H23F4N3O4S/c1-20(2,3)33-19(32)29-18-28-16(11-34-18)21(5-4-15(30)9-21)17(31)27-10-12-6-13(22(24,25)26)8-14(23)7-12/h6-8,11H,4-5,9-10H2,1-3H3,(H,27,31)(H,28,29,32). The number of alkyl halides is 3. The molecule has 0 spiro atoms. The first-order valence-electron chi connectivity index (χ1n) is 10.3. The van der Waals surface area contributed by atoms with Crippen LogP contribution in [0.15, 0.2) is 23.6 Å². The minimum Gasteiger partial charge on any atom is -0.444 e. The second kappa shape index (κ2) is 9.32. The second-order valence-corrected chi connectivity index (χ2v) is 9.85. The summed E-state index contributed by atoms with van der Waals surface area (Å²) in [5.74, 6) is -1.87. The Morgan fingerprint density at radius 1 is 1.21 bits per heavy atom. The summed E-state index contributed by atoms with van der Waals surface area (Å²) in [6.07, 6.45) is -5.35. The van der Waals surface area contributed by atoms with Crippen molar-refractivity contribution in [1.29, 1.82) is 0 Å². The van der Waals surface area contributed by atoms with E-state index < -0.39 is 40.6 Å². The van der Waals surface area contributed by atoms with Crippen molar-refractivity contribution in [2.24, 2.45) is 0 Å². The van der Waals surface area contributed by atoms with Gasteiger partial charge < -0.3 is 10.1 Å². The van der Waals surface area contributed by atoms with E-state index >= 15 is 0 Å². The fraction of sp³-hybridized carbons (Fsp3) is 0.455. The molecule has 0 radical (unpaired) electrons. The summed E-state index contributed by atoms with van der Waals surface area (Å²) in [4.78, 5) is 41.5. The number of carbonyl (C=O) groups excluding carboxylic acids is 3. The largest absolute Gasteiger partial charge is 0.444 e. The number of thiazole rings is 1. The van der Waals surface area contributed by atoms with Gasteiger partial charge in [-0.2, -0.15) is 13.2 Å². The van der Waals surface area contributed by atoms with Crippen molar-refractivity contribution in [3.05, 3.63) is 46.2 Å². The number of ketones is 1. The van der Waals surface area contributed by atoms with Gasteiger partial charge in [0.25, 0.3) is 0 Å². The number of aromatic nitrogens is 1. The number of carbonyl (C=O) groups is 3. The summed E-state index contributed by atoms with van der Waals surface area (Å²) in [5.41, 5.74) is -3.07. The fourth-order valence-corrected chi connectivity index (χ4v) is 4.40. The molecule has 1 unspecified atom stereocenters. The van der Waals surface area contributed by atoms with Gasteiger partial charge in [-0.05, 0) is 51.0 Å². The molecule has 0 saturated heterocycles. The first-order chi connectivity index (χ1) is 15.7. The summed E-state index contributed by atoms with van der Waals surface area (Å²) in [7, 11) is 0.